The van der Waals surface area contributed by atoms with E-state index in [4.69, 9.17) is 14.5 Å². The van der Waals surface area contributed by atoms with Crippen LogP contribution >= 0.6 is 0 Å². The molecule has 1 fully saturated rings. The van der Waals surface area contributed by atoms with E-state index in [0.717, 1.165) is 54.0 Å². The smallest absolute Gasteiger partial charge is 0.258 e. The standard InChI is InChI=1S/C21H23N7O/c1-3-28-20-16(12-23-28)15(11-17(24-20)14-7-5-4-6-8-14)21-25-19(26-29-21)18-13-22-9-10-27(18)2/h4-8,11-12,18,22H,3,9-10,13H2,1-2H3. The summed E-state index contributed by atoms with van der Waals surface area (Å²) < 4.78 is 7.60. The second-order valence-electron chi connectivity index (χ2n) is 7.28. The van der Waals surface area contributed by atoms with E-state index in [9.17, 15) is 0 Å². The number of hydrogen-bond acceptors (Lipinski definition) is 7. The number of aryl methyl sites for hydroxylation is 1. The van der Waals surface area contributed by atoms with Gasteiger partial charge in [-0.05, 0) is 20.0 Å². The number of likely N-dealkylation sites (N-methyl/N-ethyl adjacent to an activating group) is 1. The molecule has 29 heavy (non-hydrogen) atoms. The molecule has 1 atom stereocenters. The van der Waals surface area contributed by atoms with Gasteiger partial charge in [-0.3, -0.25) is 4.90 Å². The van der Waals surface area contributed by atoms with Crippen LogP contribution in [-0.2, 0) is 6.54 Å². The fourth-order valence-electron chi connectivity index (χ4n) is 3.79. The van der Waals surface area contributed by atoms with Crippen LogP contribution in [0, 0.1) is 0 Å². The number of benzene rings is 1. The predicted octanol–water partition coefficient (Wildman–Crippen LogP) is 2.74. The van der Waals surface area contributed by atoms with Gasteiger partial charge in [0.25, 0.3) is 5.89 Å². The second-order valence-corrected chi connectivity index (χ2v) is 7.28. The lowest BCUT2D eigenvalue weighted by Gasteiger charge is -2.30. The maximum absolute atomic E-state index is 5.71. The Bertz CT molecular complexity index is 1130. The molecule has 1 aliphatic rings. The second kappa shape index (κ2) is 7.38. The number of nitrogens with one attached hydrogen (secondary N) is 1. The highest BCUT2D eigenvalue weighted by molar-refractivity contribution is 5.92. The first-order valence-corrected chi connectivity index (χ1v) is 9.91. The van der Waals surface area contributed by atoms with Crippen molar-refractivity contribution in [2.24, 2.45) is 0 Å². The van der Waals surface area contributed by atoms with E-state index in [2.05, 4.69) is 34.4 Å². The van der Waals surface area contributed by atoms with Crippen LogP contribution in [0.25, 0.3) is 33.7 Å². The van der Waals surface area contributed by atoms with Crippen molar-refractivity contribution in [2.75, 3.05) is 26.7 Å². The largest absolute Gasteiger partial charge is 0.334 e. The molecule has 1 unspecified atom stereocenters. The van der Waals surface area contributed by atoms with Crippen molar-refractivity contribution in [3.63, 3.8) is 0 Å². The van der Waals surface area contributed by atoms with Gasteiger partial charge in [0.05, 0.1) is 28.9 Å². The van der Waals surface area contributed by atoms with Gasteiger partial charge in [0.15, 0.2) is 11.5 Å². The van der Waals surface area contributed by atoms with Crippen LogP contribution < -0.4 is 5.32 Å². The minimum absolute atomic E-state index is 0.102. The molecular weight excluding hydrogens is 366 g/mol. The molecule has 1 N–H and O–H groups in total. The van der Waals surface area contributed by atoms with Crippen LogP contribution in [-0.4, -0.2) is 56.5 Å². The third-order valence-corrected chi connectivity index (χ3v) is 5.46. The first-order chi connectivity index (χ1) is 14.2. The van der Waals surface area contributed by atoms with Crippen LogP contribution in [0.3, 0.4) is 0 Å². The lowest BCUT2D eigenvalue weighted by Crippen LogP contribution is -2.44. The van der Waals surface area contributed by atoms with Crippen molar-refractivity contribution in [3.8, 4) is 22.7 Å². The fourth-order valence-corrected chi connectivity index (χ4v) is 3.79. The van der Waals surface area contributed by atoms with Crippen molar-refractivity contribution in [1.29, 1.82) is 0 Å². The predicted molar refractivity (Wildman–Crippen MR) is 110 cm³/mol. The SMILES string of the molecule is CCn1ncc2c(-c3nc(C4CNCCN4C)no3)cc(-c3ccccc3)nc21. The maximum Gasteiger partial charge on any atom is 0.258 e. The Morgan fingerprint density at radius 1 is 1.21 bits per heavy atom. The van der Waals surface area contributed by atoms with Crippen LogP contribution in [0.4, 0.5) is 0 Å². The van der Waals surface area contributed by atoms with E-state index in [1.807, 2.05) is 47.3 Å². The molecule has 4 heterocycles. The molecule has 0 spiro atoms. The highest BCUT2D eigenvalue weighted by atomic mass is 16.5. The van der Waals surface area contributed by atoms with Crippen molar-refractivity contribution in [2.45, 2.75) is 19.5 Å². The fraction of sp³-hybridized carbons (Fsp3) is 0.333. The summed E-state index contributed by atoms with van der Waals surface area (Å²) in [6, 6.07) is 12.2. The zero-order valence-electron chi connectivity index (χ0n) is 16.5. The van der Waals surface area contributed by atoms with Gasteiger partial charge in [0.1, 0.15) is 0 Å². The van der Waals surface area contributed by atoms with E-state index in [1.54, 1.807) is 0 Å². The molecule has 8 heteroatoms. The normalized spacial score (nSPS) is 17.8. The van der Waals surface area contributed by atoms with Gasteiger partial charge in [-0.25, -0.2) is 9.67 Å². The Labute approximate surface area is 168 Å². The van der Waals surface area contributed by atoms with Crippen LogP contribution in [0.15, 0.2) is 47.1 Å². The van der Waals surface area contributed by atoms with E-state index in [1.165, 1.54) is 0 Å². The third-order valence-electron chi connectivity index (χ3n) is 5.46. The van der Waals surface area contributed by atoms with Gasteiger partial charge in [-0.2, -0.15) is 10.1 Å². The molecule has 1 saturated heterocycles. The molecule has 1 aromatic carbocycles. The summed E-state index contributed by atoms with van der Waals surface area (Å²) in [6.45, 7) is 5.53. The molecule has 8 nitrogen and oxygen atoms in total. The summed E-state index contributed by atoms with van der Waals surface area (Å²) in [5, 5.41) is 13.1. The highest BCUT2D eigenvalue weighted by Gasteiger charge is 2.26. The summed E-state index contributed by atoms with van der Waals surface area (Å²) in [7, 11) is 2.09. The number of aromatic nitrogens is 5. The molecule has 1 aliphatic heterocycles. The Morgan fingerprint density at radius 3 is 2.86 bits per heavy atom. The van der Waals surface area contributed by atoms with Crippen molar-refractivity contribution in [1.82, 2.24) is 35.1 Å². The molecule has 0 bridgehead atoms. The molecule has 0 saturated carbocycles. The quantitative estimate of drug-likeness (QED) is 0.574. The average molecular weight is 389 g/mol. The van der Waals surface area contributed by atoms with E-state index in [0.29, 0.717) is 11.7 Å². The Balaban J connectivity index is 1.64. The number of pyridine rings is 1. The molecule has 0 amide bonds. The number of piperazine rings is 1. The molecule has 5 rings (SSSR count). The summed E-state index contributed by atoms with van der Waals surface area (Å²) >= 11 is 0. The van der Waals surface area contributed by atoms with Crippen LogP contribution in [0.5, 0.6) is 0 Å². The molecule has 3 aromatic heterocycles. The summed E-state index contributed by atoms with van der Waals surface area (Å²) in [5.41, 5.74) is 3.58. The molecule has 0 radical (unpaired) electrons. The topological polar surface area (TPSA) is 84.9 Å². The van der Waals surface area contributed by atoms with Crippen LogP contribution in [0.1, 0.15) is 18.8 Å². The molecular formula is C21H23N7O. The maximum atomic E-state index is 5.71. The van der Waals surface area contributed by atoms with E-state index >= 15 is 0 Å². The lowest BCUT2D eigenvalue weighted by molar-refractivity contribution is 0.190. The lowest BCUT2D eigenvalue weighted by atomic mass is 10.1. The first-order valence-electron chi connectivity index (χ1n) is 9.91. The number of hydrogen-bond donors (Lipinski definition) is 1. The number of fused-ring (bicyclic) bond motifs is 1. The Hall–Kier alpha value is -3.10. The third kappa shape index (κ3) is 3.20. The average Bonchev–Trinajstić information content (AvgIpc) is 3.41. The van der Waals surface area contributed by atoms with Gasteiger partial charge < -0.3 is 9.84 Å². The van der Waals surface area contributed by atoms with Crippen molar-refractivity contribution in [3.05, 3.63) is 48.4 Å². The monoisotopic (exact) mass is 389 g/mol. The highest BCUT2D eigenvalue weighted by Crippen LogP contribution is 2.32. The van der Waals surface area contributed by atoms with Gasteiger partial charge >= 0.3 is 0 Å². The number of nitrogens with zero attached hydrogens (tertiary/aromatic N) is 6. The Kier molecular flexibility index (Phi) is 4.57. The summed E-state index contributed by atoms with van der Waals surface area (Å²) in [5.74, 6) is 1.20. The van der Waals surface area contributed by atoms with E-state index in [-0.39, 0.29) is 6.04 Å². The summed E-state index contributed by atoms with van der Waals surface area (Å²) in [6.07, 6.45) is 1.83. The zero-order chi connectivity index (χ0) is 19.8. The molecule has 4 aromatic rings. The summed E-state index contributed by atoms with van der Waals surface area (Å²) in [4.78, 5) is 11.9. The van der Waals surface area contributed by atoms with E-state index < -0.39 is 0 Å². The number of rotatable bonds is 4. The van der Waals surface area contributed by atoms with Crippen LogP contribution in [0.2, 0.25) is 0 Å². The van der Waals surface area contributed by atoms with Gasteiger partial charge in [-0.1, -0.05) is 35.5 Å². The van der Waals surface area contributed by atoms with Crippen molar-refractivity contribution >= 4 is 11.0 Å². The van der Waals surface area contributed by atoms with Gasteiger partial charge in [0.2, 0.25) is 0 Å². The molecule has 148 valence electrons. The Morgan fingerprint density at radius 2 is 2.07 bits per heavy atom. The van der Waals surface area contributed by atoms with Crippen molar-refractivity contribution < 1.29 is 4.52 Å². The minimum atomic E-state index is 0.102. The molecule has 0 aliphatic carbocycles. The zero-order valence-corrected chi connectivity index (χ0v) is 16.5. The first kappa shape index (κ1) is 18.0. The minimum Gasteiger partial charge on any atom is -0.334 e. The van der Waals surface area contributed by atoms with Gasteiger partial charge in [-0.15, -0.1) is 0 Å². The van der Waals surface area contributed by atoms with Gasteiger partial charge in [0, 0.05) is 31.7 Å².